The number of amides is 1. The van der Waals surface area contributed by atoms with Crippen LogP contribution in [0.15, 0.2) is 66.9 Å². The fraction of sp³-hybridized carbons (Fsp3) is 0.393. The third kappa shape index (κ3) is 6.57. The number of ether oxygens (including phenoxy) is 1. The number of methoxy groups -OCH3 is 1. The van der Waals surface area contributed by atoms with E-state index in [1.54, 1.807) is 7.11 Å². The average Bonchev–Trinajstić information content (AvgIpc) is 3.25. The Bertz CT molecular complexity index is 975. The zero-order valence-electron chi connectivity index (χ0n) is 19.7. The molecule has 0 unspecified atom stereocenters. The zero-order valence-corrected chi connectivity index (χ0v) is 19.7. The van der Waals surface area contributed by atoms with Crippen LogP contribution in [0.4, 0.5) is 0 Å². The number of nitrogens with zero attached hydrogens (tertiary/aromatic N) is 2. The number of benzene rings is 2. The standard InChI is InChI=1S/C28H36N2O2/c1-4-5-11-24-14-16-25(17-15-24)28(31)30(19-9-20-32-3)22-27-13-8-18-29(27)21-26-12-7-6-10-23(26)2/h6-8,10,12-18H,4-5,9,11,19-22H2,1-3H3. The van der Waals surface area contributed by atoms with E-state index < -0.39 is 0 Å². The minimum absolute atomic E-state index is 0.0757. The van der Waals surface area contributed by atoms with Gasteiger partial charge in [-0.3, -0.25) is 4.79 Å². The second kappa shape index (κ2) is 12.3. The van der Waals surface area contributed by atoms with Gasteiger partial charge in [-0.1, -0.05) is 49.7 Å². The molecule has 0 fully saturated rings. The molecule has 3 rings (SSSR count). The maximum absolute atomic E-state index is 13.4. The zero-order chi connectivity index (χ0) is 22.8. The molecule has 1 aromatic heterocycles. The Balaban J connectivity index is 1.75. The van der Waals surface area contributed by atoms with Gasteiger partial charge in [-0.15, -0.1) is 0 Å². The molecule has 0 aliphatic carbocycles. The van der Waals surface area contributed by atoms with Gasteiger partial charge in [0.05, 0.1) is 6.54 Å². The van der Waals surface area contributed by atoms with Crippen LogP contribution in [0, 0.1) is 6.92 Å². The lowest BCUT2D eigenvalue weighted by Crippen LogP contribution is -2.33. The molecule has 0 saturated carbocycles. The maximum atomic E-state index is 13.4. The number of hydrogen-bond donors (Lipinski definition) is 0. The fourth-order valence-corrected chi connectivity index (χ4v) is 3.94. The van der Waals surface area contributed by atoms with Crippen molar-refractivity contribution in [1.82, 2.24) is 9.47 Å². The molecule has 2 aromatic carbocycles. The molecule has 0 bridgehead atoms. The summed E-state index contributed by atoms with van der Waals surface area (Å²) in [4.78, 5) is 15.3. The summed E-state index contributed by atoms with van der Waals surface area (Å²) in [6, 6.07) is 20.8. The van der Waals surface area contributed by atoms with Crippen molar-refractivity contribution in [2.75, 3.05) is 20.3 Å². The van der Waals surface area contributed by atoms with E-state index in [0.29, 0.717) is 19.7 Å². The highest BCUT2D eigenvalue weighted by Crippen LogP contribution is 2.16. The number of carbonyl (C=O) groups is 1. The molecule has 1 heterocycles. The van der Waals surface area contributed by atoms with E-state index in [1.807, 2.05) is 17.0 Å². The van der Waals surface area contributed by atoms with Gasteiger partial charge in [0.25, 0.3) is 5.91 Å². The molecule has 0 aliphatic heterocycles. The van der Waals surface area contributed by atoms with Crippen LogP contribution < -0.4 is 0 Å². The average molecular weight is 433 g/mol. The van der Waals surface area contributed by atoms with Crippen LogP contribution >= 0.6 is 0 Å². The van der Waals surface area contributed by atoms with E-state index in [9.17, 15) is 4.79 Å². The Morgan fingerprint density at radius 2 is 1.78 bits per heavy atom. The third-order valence-corrected chi connectivity index (χ3v) is 5.96. The van der Waals surface area contributed by atoms with E-state index in [-0.39, 0.29) is 5.91 Å². The minimum atomic E-state index is 0.0757. The van der Waals surface area contributed by atoms with Crippen LogP contribution in [-0.2, 0) is 24.2 Å². The SMILES string of the molecule is CCCCc1ccc(C(=O)N(CCCOC)Cc2cccn2Cc2ccccc2C)cc1. The van der Waals surface area contributed by atoms with Gasteiger partial charge in [0, 0.05) is 44.3 Å². The van der Waals surface area contributed by atoms with E-state index >= 15 is 0 Å². The monoisotopic (exact) mass is 432 g/mol. The van der Waals surface area contributed by atoms with Crippen molar-refractivity contribution in [2.24, 2.45) is 0 Å². The summed E-state index contributed by atoms with van der Waals surface area (Å²) in [5, 5.41) is 0. The van der Waals surface area contributed by atoms with Crippen LogP contribution in [-0.4, -0.2) is 35.6 Å². The van der Waals surface area contributed by atoms with Gasteiger partial charge >= 0.3 is 0 Å². The van der Waals surface area contributed by atoms with E-state index in [2.05, 4.69) is 73.1 Å². The summed E-state index contributed by atoms with van der Waals surface area (Å²) in [5.41, 5.74) is 5.76. The van der Waals surface area contributed by atoms with Crippen molar-refractivity contribution < 1.29 is 9.53 Å². The Labute approximate surface area is 192 Å². The largest absolute Gasteiger partial charge is 0.385 e. The van der Waals surface area contributed by atoms with Gasteiger partial charge in [0.2, 0.25) is 0 Å². The Morgan fingerprint density at radius 1 is 1.00 bits per heavy atom. The highest BCUT2D eigenvalue weighted by Gasteiger charge is 2.18. The highest BCUT2D eigenvalue weighted by molar-refractivity contribution is 5.94. The van der Waals surface area contributed by atoms with Gasteiger partial charge < -0.3 is 14.2 Å². The smallest absolute Gasteiger partial charge is 0.254 e. The maximum Gasteiger partial charge on any atom is 0.254 e. The van der Waals surface area contributed by atoms with Crippen molar-refractivity contribution in [2.45, 2.75) is 52.6 Å². The van der Waals surface area contributed by atoms with Crippen LogP contribution in [0.25, 0.3) is 0 Å². The first-order valence-electron chi connectivity index (χ1n) is 11.7. The van der Waals surface area contributed by atoms with Crippen LogP contribution in [0.3, 0.4) is 0 Å². The topological polar surface area (TPSA) is 34.5 Å². The molecular formula is C28H36N2O2. The molecule has 4 heteroatoms. The lowest BCUT2D eigenvalue weighted by molar-refractivity contribution is 0.0720. The number of unbranched alkanes of at least 4 members (excludes halogenated alkanes) is 1. The Kier molecular flexibility index (Phi) is 9.12. The lowest BCUT2D eigenvalue weighted by Gasteiger charge is -2.24. The number of aromatic nitrogens is 1. The summed E-state index contributed by atoms with van der Waals surface area (Å²) >= 11 is 0. The van der Waals surface area contributed by atoms with Crippen LogP contribution in [0.2, 0.25) is 0 Å². The predicted molar refractivity (Wildman–Crippen MR) is 131 cm³/mol. The summed E-state index contributed by atoms with van der Waals surface area (Å²) < 4.78 is 7.48. The Hall–Kier alpha value is -2.85. The minimum Gasteiger partial charge on any atom is -0.385 e. The predicted octanol–water partition coefficient (Wildman–Crippen LogP) is 5.87. The molecule has 0 saturated heterocycles. The molecule has 0 radical (unpaired) electrons. The molecule has 0 N–H and O–H groups in total. The first-order chi connectivity index (χ1) is 15.6. The second-order valence-corrected chi connectivity index (χ2v) is 8.43. The van der Waals surface area contributed by atoms with Gasteiger partial charge in [0.1, 0.15) is 0 Å². The third-order valence-electron chi connectivity index (χ3n) is 5.96. The summed E-state index contributed by atoms with van der Waals surface area (Å²) in [5.74, 6) is 0.0757. The van der Waals surface area contributed by atoms with Crippen molar-refractivity contribution in [3.63, 3.8) is 0 Å². The molecule has 0 spiro atoms. The molecule has 1 amide bonds. The number of aryl methyl sites for hydroxylation is 2. The normalized spacial score (nSPS) is 11.0. The molecule has 0 atom stereocenters. The van der Waals surface area contributed by atoms with E-state index in [0.717, 1.165) is 30.6 Å². The molecule has 32 heavy (non-hydrogen) atoms. The first-order valence-corrected chi connectivity index (χ1v) is 11.7. The second-order valence-electron chi connectivity index (χ2n) is 8.43. The molecular weight excluding hydrogens is 396 g/mol. The lowest BCUT2D eigenvalue weighted by atomic mass is 10.1. The number of hydrogen-bond acceptors (Lipinski definition) is 2. The fourth-order valence-electron chi connectivity index (χ4n) is 3.94. The van der Waals surface area contributed by atoms with Gasteiger partial charge in [0.15, 0.2) is 0 Å². The molecule has 0 aliphatic rings. The Morgan fingerprint density at radius 3 is 2.50 bits per heavy atom. The number of carbonyl (C=O) groups excluding carboxylic acids is 1. The van der Waals surface area contributed by atoms with Crippen molar-refractivity contribution >= 4 is 5.91 Å². The quantitative estimate of drug-likeness (QED) is 0.336. The van der Waals surface area contributed by atoms with Gasteiger partial charge in [-0.25, -0.2) is 0 Å². The summed E-state index contributed by atoms with van der Waals surface area (Å²) in [7, 11) is 1.70. The van der Waals surface area contributed by atoms with Crippen molar-refractivity contribution in [1.29, 1.82) is 0 Å². The van der Waals surface area contributed by atoms with E-state index in [4.69, 9.17) is 4.74 Å². The number of rotatable bonds is 12. The summed E-state index contributed by atoms with van der Waals surface area (Å²) in [6.45, 7) is 7.04. The van der Waals surface area contributed by atoms with E-state index in [1.165, 1.54) is 29.5 Å². The van der Waals surface area contributed by atoms with Crippen molar-refractivity contribution in [3.05, 3.63) is 94.8 Å². The van der Waals surface area contributed by atoms with Crippen molar-refractivity contribution in [3.8, 4) is 0 Å². The first kappa shape index (κ1) is 23.8. The highest BCUT2D eigenvalue weighted by atomic mass is 16.5. The van der Waals surface area contributed by atoms with Crippen LogP contribution in [0.1, 0.15) is 58.9 Å². The van der Waals surface area contributed by atoms with Crippen LogP contribution in [0.5, 0.6) is 0 Å². The van der Waals surface area contributed by atoms with Gasteiger partial charge in [-0.05, 0) is 67.1 Å². The molecule has 170 valence electrons. The molecule has 3 aromatic rings. The summed E-state index contributed by atoms with van der Waals surface area (Å²) in [6.07, 6.45) is 6.33. The van der Waals surface area contributed by atoms with Gasteiger partial charge in [-0.2, -0.15) is 0 Å². The molecule has 4 nitrogen and oxygen atoms in total.